The number of ether oxygens (including phenoxy) is 1. The third-order valence-electron chi connectivity index (χ3n) is 2.57. The number of anilines is 2. The van der Waals surface area contributed by atoms with Crippen LogP contribution in [0.4, 0.5) is 24.5 Å². The zero-order chi connectivity index (χ0) is 16.2. The molecule has 1 amide bonds. The lowest BCUT2D eigenvalue weighted by Gasteiger charge is -2.27. The Hall–Kier alpha value is -2.12. The summed E-state index contributed by atoms with van der Waals surface area (Å²) >= 11 is 0. The Kier molecular flexibility index (Phi) is 5.69. The molecule has 0 saturated carbocycles. The van der Waals surface area contributed by atoms with Gasteiger partial charge in [0.05, 0.1) is 17.9 Å². The predicted molar refractivity (Wildman–Crippen MR) is 73.7 cm³/mol. The average molecular weight is 305 g/mol. The maximum atomic E-state index is 13.5. The van der Waals surface area contributed by atoms with Crippen LogP contribution in [0.15, 0.2) is 12.1 Å². The summed E-state index contributed by atoms with van der Waals surface area (Å²) < 4.78 is 42.1. The number of primary amides is 1. The van der Waals surface area contributed by atoms with Crippen LogP contribution in [0.5, 0.6) is 5.75 Å². The largest absolute Gasteiger partial charge is 0.432 e. The Bertz CT molecular complexity index is 510. The number of carbonyl (C=O) groups is 1. The first kappa shape index (κ1) is 16.9. The monoisotopic (exact) mass is 305 g/mol. The van der Waals surface area contributed by atoms with Crippen molar-refractivity contribution in [1.82, 2.24) is 0 Å². The first-order chi connectivity index (χ1) is 9.70. The van der Waals surface area contributed by atoms with Crippen LogP contribution < -0.4 is 21.1 Å². The Balaban J connectivity index is 3.19. The van der Waals surface area contributed by atoms with E-state index in [0.717, 1.165) is 12.1 Å². The summed E-state index contributed by atoms with van der Waals surface area (Å²) in [7, 11) is 0. The van der Waals surface area contributed by atoms with Crippen LogP contribution in [0.2, 0.25) is 0 Å². The third-order valence-corrected chi connectivity index (χ3v) is 2.57. The average Bonchev–Trinajstić information content (AvgIpc) is 2.30. The second-order valence-corrected chi connectivity index (χ2v) is 4.96. The van der Waals surface area contributed by atoms with Crippen molar-refractivity contribution in [2.75, 3.05) is 23.7 Å². The summed E-state index contributed by atoms with van der Waals surface area (Å²) in [6.07, 6.45) is 0. The molecule has 1 aromatic carbocycles. The molecule has 118 valence electrons. The number of halogens is 3. The van der Waals surface area contributed by atoms with Gasteiger partial charge in [-0.2, -0.15) is 8.78 Å². The van der Waals surface area contributed by atoms with Gasteiger partial charge in [-0.25, -0.2) is 4.39 Å². The van der Waals surface area contributed by atoms with Crippen molar-refractivity contribution in [2.45, 2.75) is 20.5 Å². The van der Waals surface area contributed by atoms with E-state index in [1.54, 1.807) is 0 Å². The van der Waals surface area contributed by atoms with Crippen LogP contribution in [-0.4, -0.2) is 25.6 Å². The molecule has 0 unspecified atom stereocenters. The number of hydrogen-bond donors (Lipinski definition) is 2. The summed E-state index contributed by atoms with van der Waals surface area (Å²) in [6, 6.07) is 1.92. The molecule has 0 heterocycles. The number of hydrogen-bond acceptors (Lipinski definition) is 4. The Morgan fingerprint density at radius 3 is 2.48 bits per heavy atom. The van der Waals surface area contributed by atoms with E-state index in [2.05, 4.69) is 4.74 Å². The molecule has 0 aliphatic heterocycles. The minimum atomic E-state index is -3.16. The zero-order valence-electron chi connectivity index (χ0n) is 11.8. The number of amides is 1. The van der Waals surface area contributed by atoms with Gasteiger partial charge in [0.1, 0.15) is 0 Å². The Labute approximate surface area is 120 Å². The number of alkyl halides is 2. The van der Waals surface area contributed by atoms with Crippen LogP contribution in [0, 0.1) is 11.7 Å². The molecule has 8 heteroatoms. The first-order valence-electron chi connectivity index (χ1n) is 6.27. The minimum Gasteiger partial charge on any atom is -0.432 e. The molecule has 5 nitrogen and oxygen atoms in total. The van der Waals surface area contributed by atoms with Crippen LogP contribution in [-0.2, 0) is 4.79 Å². The number of nitrogen functional groups attached to an aromatic ring is 1. The van der Waals surface area contributed by atoms with Crippen molar-refractivity contribution in [3.63, 3.8) is 0 Å². The van der Waals surface area contributed by atoms with E-state index < -0.39 is 24.1 Å². The van der Waals surface area contributed by atoms with Crippen molar-refractivity contribution >= 4 is 17.3 Å². The molecule has 0 atom stereocenters. The summed E-state index contributed by atoms with van der Waals surface area (Å²) in [5, 5.41) is 0. The zero-order valence-corrected chi connectivity index (χ0v) is 11.8. The maximum Gasteiger partial charge on any atom is 0.387 e. The van der Waals surface area contributed by atoms with E-state index in [4.69, 9.17) is 11.5 Å². The highest BCUT2D eigenvalue weighted by atomic mass is 19.3. The molecule has 1 rings (SSSR count). The molecule has 0 saturated heterocycles. The van der Waals surface area contributed by atoms with Gasteiger partial charge in [0.15, 0.2) is 11.6 Å². The van der Waals surface area contributed by atoms with Gasteiger partial charge >= 0.3 is 6.61 Å². The highest BCUT2D eigenvalue weighted by Gasteiger charge is 2.19. The second-order valence-electron chi connectivity index (χ2n) is 4.96. The van der Waals surface area contributed by atoms with Gasteiger partial charge in [-0.05, 0) is 5.92 Å². The van der Waals surface area contributed by atoms with E-state index in [1.807, 2.05) is 13.8 Å². The molecule has 0 aromatic heterocycles. The molecular formula is C13H18F3N3O2. The fourth-order valence-electron chi connectivity index (χ4n) is 1.90. The van der Waals surface area contributed by atoms with E-state index in [9.17, 15) is 18.0 Å². The van der Waals surface area contributed by atoms with Gasteiger partial charge < -0.3 is 21.1 Å². The predicted octanol–water partition coefficient (Wildman–Crippen LogP) is 1.96. The Morgan fingerprint density at radius 1 is 1.38 bits per heavy atom. The van der Waals surface area contributed by atoms with Crippen molar-refractivity contribution < 1.29 is 22.7 Å². The lowest BCUT2D eigenvalue weighted by molar-refractivity contribution is -0.116. The maximum absolute atomic E-state index is 13.5. The van der Waals surface area contributed by atoms with Crippen molar-refractivity contribution in [2.24, 2.45) is 11.7 Å². The summed E-state index contributed by atoms with van der Waals surface area (Å²) in [4.78, 5) is 12.6. The fraction of sp³-hybridized carbons (Fsp3) is 0.462. The van der Waals surface area contributed by atoms with E-state index in [1.165, 1.54) is 4.90 Å². The molecule has 21 heavy (non-hydrogen) atoms. The number of carbonyl (C=O) groups excluding carboxylic acids is 1. The standard InChI is InChI=1S/C13H18F3N3O2/c1-7(2)5-19(6-12(18)20)10-4-11(21-13(15)16)8(14)3-9(10)17/h3-4,7,13H,5-6,17H2,1-2H3,(H2,18,20). The van der Waals surface area contributed by atoms with E-state index in [0.29, 0.717) is 6.54 Å². The highest BCUT2D eigenvalue weighted by molar-refractivity contribution is 5.82. The van der Waals surface area contributed by atoms with Gasteiger partial charge in [-0.3, -0.25) is 4.79 Å². The smallest absolute Gasteiger partial charge is 0.387 e. The molecule has 0 spiro atoms. The second kappa shape index (κ2) is 7.05. The molecule has 0 fully saturated rings. The quantitative estimate of drug-likeness (QED) is 0.754. The van der Waals surface area contributed by atoms with Crippen molar-refractivity contribution in [1.29, 1.82) is 0 Å². The van der Waals surface area contributed by atoms with Gasteiger partial charge in [0.25, 0.3) is 0 Å². The topological polar surface area (TPSA) is 81.6 Å². The molecule has 0 bridgehead atoms. The number of rotatable bonds is 7. The third kappa shape index (κ3) is 5.05. The lowest BCUT2D eigenvalue weighted by atomic mass is 10.1. The molecule has 0 aliphatic rings. The SMILES string of the molecule is CC(C)CN(CC(N)=O)c1cc(OC(F)F)c(F)cc1N. The Morgan fingerprint density at radius 2 is 2.00 bits per heavy atom. The molecule has 1 aromatic rings. The van der Waals surface area contributed by atoms with Crippen LogP contribution >= 0.6 is 0 Å². The number of benzene rings is 1. The summed E-state index contributed by atoms with van der Waals surface area (Å²) in [6.45, 7) is 0.856. The molecule has 0 aliphatic carbocycles. The van der Waals surface area contributed by atoms with Crippen LogP contribution in [0.3, 0.4) is 0 Å². The molecular weight excluding hydrogens is 287 g/mol. The van der Waals surface area contributed by atoms with Crippen LogP contribution in [0.1, 0.15) is 13.8 Å². The molecule has 0 radical (unpaired) electrons. The fourth-order valence-corrected chi connectivity index (χ4v) is 1.90. The van der Waals surface area contributed by atoms with Gasteiger partial charge in [-0.15, -0.1) is 0 Å². The summed E-state index contributed by atoms with van der Waals surface area (Å²) in [5.41, 5.74) is 11.1. The minimum absolute atomic E-state index is 0.0102. The highest BCUT2D eigenvalue weighted by Crippen LogP contribution is 2.32. The van der Waals surface area contributed by atoms with Crippen molar-refractivity contribution in [3.05, 3.63) is 17.9 Å². The van der Waals surface area contributed by atoms with Crippen LogP contribution in [0.25, 0.3) is 0 Å². The number of nitrogens with zero attached hydrogens (tertiary/aromatic N) is 1. The summed E-state index contributed by atoms with van der Waals surface area (Å²) in [5.74, 6) is -2.10. The molecule has 4 N–H and O–H groups in total. The first-order valence-corrected chi connectivity index (χ1v) is 6.27. The van der Waals surface area contributed by atoms with Gasteiger partial charge in [0.2, 0.25) is 5.91 Å². The normalized spacial score (nSPS) is 11.0. The van der Waals surface area contributed by atoms with Crippen molar-refractivity contribution in [3.8, 4) is 5.75 Å². The van der Waals surface area contributed by atoms with E-state index in [-0.39, 0.29) is 23.8 Å². The van der Waals surface area contributed by atoms with E-state index >= 15 is 0 Å². The lowest BCUT2D eigenvalue weighted by Crippen LogP contribution is -2.36. The van der Waals surface area contributed by atoms with Gasteiger partial charge in [-0.1, -0.05) is 13.8 Å². The number of nitrogens with two attached hydrogens (primary N) is 2. The van der Waals surface area contributed by atoms with Gasteiger partial charge in [0, 0.05) is 18.7 Å².